The van der Waals surface area contributed by atoms with Gasteiger partial charge in [0.2, 0.25) is 0 Å². The number of benzene rings is 4. The van der Waals surface area contributed by atoms with Gasteiger partial charge < -0.3 is 20.9 Å². The molecule has 4 fully saturated rings. The molecule has 298 valence electrons. The van der Waals surface area contributed by atoms with E-state index in [0.717, 1.165) is 69.9 Å². The predicted molar refractivity (Wildman–Crippen MR) is 233 cm³/mol. The number of anilines is 2. The van der Waals surface area contributed by atoms with E-state index in [4.69, 9.17) is 20.9 Å². The Morgan fingerprint density at radius 3 is 1.62 bits per heavy atom. The molecule has 0 bridgehead atoms. The van der Waals surface area contributed by atoms with Crippen molar-refractivity contribution >= 4 is 11.4 Å². The maximum Gasteiger partial charge on any atom is 0.127 e. The van der Waals surface area contributed by atoms with Crippen molar-refractivity contribution in [3.05, 3.63) is 108 Å². The Morgan fingerprint density at radius 2 is 1.05 bits per heavy atom. The molecule has 4 aromatic rings. The highest BCUT2D eigenvalue weighted by Crippen LogP contribution is 2.71. The van der Waals surface area contributed by atoms with Crippen LogP contribution in [-0.2, 0) is 0 Å². The second-order valence-electron chi connectivity index (χ2n) is 19.7. The molecule has 56 heavy (non-hydrogen) atoms. The van der Waals surface area contributed by atoms with Gasteiger partial charge in [0.25, 0.3) is 0 Å². The summed E-state index contributed by atoms with van der Waals surface area (Å²) in [5, 5.41) is 0. The first kappa shape index (κ1) is 38.9. The van der Waals surface area contributed by atoms with Crippen molar-refractivity contribution in [1.82, 2.24) is 0 Å². The van der Waals surface area contributed by atoms with Crippen LogP contribution in [0.15, 0.2) is 97.1 Å². The maximum absolute atomic E-state index is 6.29. The molecule has 0 amide bonds. The van der Waals surface area contributed by atoms with Crippen molar-refractivity contribution in [3.8, 4) is 23.0 Å². The van der Waals surface area contributed by atoms with E-state index in [-0.39, 0.29) is 0 Å². The maximum atomic E-state index is 6.29. The van der Waals surface area contributed by atoms with Gasteiger partial charge in [0.1, 0.15) is 23.0 Å². The molecule has 4 N–H and O–H groups in total. The van der Waals surface area contributed by atoms with Gasteiger partial charge in [0, 0.05) is 11.4 Å². The minimum atomic E-state index is 0.351. The van der Waals surface area contributed by atoms with E-state index in [1.54, 1.807) is 0 Å². The average Bonchev–Trinajstić information content (AvgIpc) is 3.56. The van der Waals surface area contributed by atoms with Crippen molar-refractivity contribution in [2.45, 2.75) is 124 Å². The summed E-state index contributed by atoms with van der Waals surface area (Å²) in [5.41, 5.74) is 17.2. The summed E-state index contributed by atoms with van der Waals surface area (Å²) >= 11 is 0. The van der Waals surface area contributed by atoms with Gasteiger partial charge in [-0.3, -0.25) is 0 Å². The zero-order valence-corrected chi connectivity index (χ0v) is 34.9. The Hall–Kier alpha value is -3.92. The fourth-order valence-electron chi connectivity index (χ4n) is 13.1. The summed E-state index contributed by atoms with van der Waals surface area (Å²) in [7, 11) is 0. The minimum absolute atomic E-state index is 0.351. The van der Waals surface area contributed by atoms with E-state index < -0.39 is 0 Å². The lowest BCUT2D eigenvalue weighted by Crippen LogP contribution is -2.55. The van der Waals surface area contributed by atoms with Crippen LogP contribution in [0.2, 0.25) is 0 Å². The van der Waals surface area contributed by atoms with E-state index in [1.165, 1.54) is 88.2 Å². The fourth-order valence-corrected chi connectivity index (χ4v) is 13.1. The number of unbranched alkanes of at least 4 members (excludes halogenated alkanes) is 1. The van der Waals surface area contributed by atoms with Gasteiger partial charge in [-0.15, -0.1) is 0 Å². The molecule has 0 radical (unpaired) electrons. The molecule has 10 unspecified atom stereocenters. The monoisotopic (exact) mass is 753 g/mol. The summed E-state index contributed by atoms with van der Waals surface area (Å²) < 4.78 is 12.5. The van der Waals surface area contributed by atoms with Crippen LogP contribution in [0.3, 0.4) is 0 Å². The lowest BCUT2D eigenvalue weighted by atomic mass is 9.41. The molecule has 4 aliphatic rings. The van der Waals surface area contributed by atoms with Crippen molar-refractivity contribution in [2.75, 3.05) is 11.5 Å². The number of nitrogens with two attached hydrogens (primary N) is 2. The smallest absolute Gasteiger partial charge is 0.127 e. The molecule has 4 aliphatic carbocycles. The Bertz CT molecular complexity index is 1890. The van der Waals surface area contributed by atoms with Gasteiger partial charge in [0.05, 0.1) is 0 Å². The lowest BCUT2D eigenvalue weighted by Gasteiger charge is -2.63. The first-order chi connectivity index (χ1) is 27.0. The van der Waals surface area contributed by atoms with Gasteiger partial charge in [-0.1, -0.05) is 84.6 Å². The number of nitrogen functional groups attached to an aromatic ring is 2. The number of hydrogen-bond acceptors (Lipinski definition) is 4. The SMILES string of the molecule is CC(C)CCCCC(C)C1CCC2C3CC(c4ccc(Oc5ccc(N)cc5)cc4)C4CC(c5ccc(Oc6ccc(N)cc6)cc5)CCC4(C)C3CCC12C. The van der Waals surface area contributed by atoms with Crippen molar-refractivity contribution in [3.63, 3.8) is 0 Å². The molecule has 4 saturated carbocycles. The third kappa shape index (κ3) is 7.84. The first-order valence-electron chi connectivity index (χ1n) is 22.3. The van der Waals surface area contributed by atoms with E-state index in [2.05, 4.69) is 83.1 Å². The van der Waals surface area contributed by atoms with Crippen LogP contribution < -0.4 is 20.9 Å². The number of rotatable bonds is 12. The second kappa shape index (κ2) is 16.1. The van der Waals surface area contributed by atoms with Crippen molar-refractivity contribution in [1.29, 1.82) is 0 Å². The number of fused-ring (bicyclic) bond motifs is 5. The predicted octanol–water partition coefficient (Wildman–Crippen LogP) is 14.4. The van der Waals surface area contributed by atoms with Crippen LogP contribution in [0.25, 0.3) is 0 Å². The van der Waals surface area contributed by atoms with Gasteiger partial charge in [-0.2, -0.15) is 0 Å². The molecule has 10 atom stereocenters. The molecule has 0 saturated heterocycles. The first-order valence-corrected chi connectivity index (χ1v) is 22.3. The van der Waals surface area contributed by atoms with Crippen LogP contribution in [0.5, 0.6) is 23.0 Å². The summed E-state index contributed by atoms with van der Waals surface area (Å²) in [6.07, 6.45) is 16.5. The Labute approximate surface area is 338 Å². The Kier molecular flexibility index (Phi) is 11.2. The highest BCUT2D eigenvalue weighted by Gasteiger charge is 2.62. The Morgan fingerprint density at radius 1 is 0.554 bits per heavy atom. The molecule has 4 heteroatoms. The molecule has 4 aromatic carbocycles. The van der Waals surface area contributed by atoms with Gasteiger partial charge in [-0.25, -0.2) is 0 Å². The largest absolute Gasteiger partial charge is 0.457 e. The molecule has 0 heterocycles. The lowest BCUT2D eigenvalue weighted by molar-refractivity contribution is -0.126. The van der Waals surface area contributed by atoms with Crippen LogP contribution in [-0.4, -0.2) is 0 Å². The molecule has 8 rings (SSSR count). The van der Waals surface area contributed by atoms with E-state index >= 15 is 0 Å². The topological polar surface area (TPSA) is 70.5 Å². The summed E-state index contributed by atoms with van der Waals surface area (Å²) in [6.45, 7) is 12.9. The quantitative estimate of drug-likeness (QED) is 0.112. The standard InChI is InChI=1S/C52H68N2O2/c1-34(2)8-6-7-9-35(3)47-26-27-48-46-33-45(37-12-20-42(21-13-37)56-44-24-16-40(54)17-25-44)50-32-38(28-30-52(50,5)49(46)29-31-51(47,48)4)36-10-18-41(19-11-36)55-43-22-14-39(53)15-23-43/h10-25,34-35,38,45-50H,6-9,26-33,53-54H2,1-5H3. The van der Waals surface area contributed by atoms with Crippen LogP contribution in [0.4, 0.5) is 11.4 Å². The van der Waals surface area contributed by atoms with Gasteiger partial charge in [-0.05, 0) is 199 Å². The highest BCUT2D eigenvalue weighted by atomic mass is 16.5. The van der Waals surface area contributed by atoms with Crippen molar-refractivity contribution in [2.24, 2.45) is 52.3 Å². The fraction of sp³-hybridized carbons (Fsp3) is 0.538. The molecule has 0 aromatic heterocycles. The molecule has 0 spiro atoms. The third-order valence-electron chi connectivity index (χ3n) is 16.1. The molecular formula is C52H68N2O2. The zero-order valence-electron chi connectivity index (χ0n) is 34.9. The van der Waals surface area contributed by atoms with E-state index in [9.17, 15) is 0 Å². The summed E-state index contributed by atoms with van der Waals surface area (Å²) in [6, 6.07) is 33.6. The summed E-state index contributed by atoms with van der Waals surface area (Å²) in [5.74, 6) is 10.2. The van der Waals surface area contributed by atoms with Gasteiger partial charge >= 0.3 is 0 Å². The van der Waals surface area contributed by atoms with Crippen molar-refractivity contribution < 1.29 is 9.47 Å². The highest BCUT2D eigenvalue weighted by molar-refractivity contribution is 5.45. The van der Waals surface area contributed by atoms with Crippen LogP contribution in [0.1, 0.15) is 135 Å². The van der Waals surface area contributed by atoms with E-state index in [0.29, 0.717) is 28.6 Å². The van der Waals surface area contributed by atoms with E-state index in [1.807, 2.05) is 48.5 Å². The average molecular weight is 753 g/mol. The third-order valence-corrected chi connectivity index (χ3v) is 16.1. The second-order valence-corrected chi connectivity index (χ2v) is 19.7. The number of ether oxygens (including phenoxy) is 2. The van der Waals surface area contributed by atoms with Gasteiger partial charge in [0.15, 0.2) is 0 Å². The van der Waals surface area contributed by atoms with Crippen LogP contribution in [0, 0.1) is 52.3 Å². The normalized spacial score (nSPS) is 31.6. The minimum Gasteiger partial charge on any atom is -0.457 e. The Balaban J connectivity index is 1.04. The zero-order chi connectivity index (χ0) is 39.0. The molecule has 4 nitrogen and oxygen atoms in total. The molecular weight excluding hydrogens is 685 g/mol. The van der Waals surface area contributed by atoms with Crippen LogP contribution >= 0.6 is 0 Å². The molecule has 0 aliphatic heterocycles. The summed E-state index contributed by atoms with van der Waals surface area (Å²) in [4.78, 5) is 0. The number of hydrogen-bond donors (Lipinski definition) is 2.